The fourth-order valence-corrected chi connectivity index (χ4v) is 4.67. The molecule has 0 amide bonds. The summed E-state index contributed by atoms with van der Waals surface area (Å²) < 4.78 is 36.5. The van der Waals surface area contributed by atoms with Gasteiger partial charge in [-0.15, -0.1) is 0 Å². The Bertz CT molecular complexity index is 1410. The number of hydrogen-bond acceptors (Lipinski definition) is 5. The van der Waals surface area contributed by atoms with Crippen molar-refractivity contribution in [3.05, 3.63) is 60.6 Å². The smallest absolute Gasteiger partial charge is 0.280 e. The molecule has 2 heterocycles. The van der Waals surface area contributed by atoms with E-state index in [0.29, 0.717) is 17.8 Å². The first kappa shape index (κ1) is 20.5. The average Bonchev–Trinajstić information content (AvgIpc) is 3.34. The summed E-state index contributed by atoms with van der Waals surface area (Å²) in [5, 5.41) is 10.7. The molecule has 0 bridgehead atoms. The van der Waals surface area contributed by atoms with Gasteiger partial charge in [0, 0.05) is 36.9 Å². The Hall–Kier alpha value is -3.77. The van der Waals surface area contributed by atoms with Gasteiger partial charge in [0.2, 0.25) is 0 Å². The molecule has 1 N–H and O–H groups in total. The molecule has 4 rings (SSSR count). The fraction of sp³-hybridized carbons (Fsp3) is 0.182. The van der Waals surface area contributed by atoms with Crippen LogP contribution in [0.2, 0.25) is 0 Å². The van der Waals surface area contributed by atoms with Gasteiger partial charge in [0.1, 0.15) is 11.8 Å². The Labute approximate surface area is 180 Å². The number of anilines is 1. The lowest BCUT2D eigenvalue weighted by molar-refractivity contribution is 0.415. The number of rotatable bonds is 6. The summed E-state index contributed by atoms with van der Waals surface area (Å²) in [5.74, 6) is 0.718. The number of fused-ring (bicyclic) bond motifs is 1. The molecule has 0 atom stereocenters. The Kier molecular flexibility index (Phi) is 5.17. The number of nitrogens with zero attached hydrogens (tertiary/aromatic N) is 4. The van der Waals surface area contributed by atoms with Crippen LogP contribution in [0.1, 0.15) is 12.5 Å². The molecule has 0 radical (unpaired) electrons. The van der Waals surface area contributed by atoms with Gasteiger partial charge in [0.05, 0.1) is 30.2 Å². The van der Waals surface area contributed by atoms with Crippen LogP contribution in [0.4, 0.5) is 5.69 Å². The van der Waals surface area contributed by atoms with E-state index < -0.39 is 10.0 Å². The van der Waals surface area contributed by atoms with Crippen molar-refractivity contribution in [2.45, 2.75) is 18.5 Å². The largest absolute Gasteiger partial charge is 0.497 e. The van der Waals surface area contributed by atoms with Crippen molar-refractivity contribution < 1.29 is 13.2 Å². The molecule has 31 heavy (non-hydrogen) atoms. The zero-order chi connectivity index (χ0) is 22.2. The van der Waals surface area contributed by atoms with E-state index in [1.165, 1.54) is 12.5 Å². The predicted octanol–water partition coefficient (Wildman–Crippen LogP) is 3.74. The van der Waals surface area contributed by atoms with Crippen molar-refractivity contribution in [3.8, 4) is 23.1 Å². The molecule has 158 valence electrons. The van der Waals surface area contributed by atoms with Crippen molar-refractivity contribution in [2.24, 2.45) is 7.05 Å². The predicted molar refractivity (Wildman–Crippen MR) is 118 cm³/mol. The minimum Gasteiger partial charge on any atom is -0.497 e. The third kappa shape index (κ3) is 3.62. The number of aromatic nitrogens is 3. The van der Waals surface area contributed by atoms with Gasteiger partial charge >= 0.3 is 0 Å². The maximum absolute atomic E-state index is 12.5. The molecule has 9 heteroatoms. The minimum absolute atomic E-state index is 0.0501. The van der Waals surface area contributed by atoms with E-state index in [1.54, 1.807) is 43.0 Å². The van der Waals surface area contributed by atoms with Crippen LogP contribution in [0.25, 0.3) is 22.2 Å². The molecule has 0 spiro atoms. The number of aryl methyl sites for hydroxylation is 2. The molecule has 0 aliphatic carbocycles. The zero-order valence-corrected chi connectivity index (χ0v) is 18.1. The number of ether oxygens (including phenoxy) is 1. The zero-order valence-electron chi connectivity index (χ0n) is 17.3. The molecule has 0 saturated heterocycles. The highest BCUT2D eigenvalue weighted by atomic mass is 32.2. The summed E-state index contributed by atoms with van der Waals surface area (Å²) in [7, 11) is -0.464. The van der Waals surface area contributed by atoms with Gasteiger partial charge in [-0.2, -0.15) is 13.7 Å². The lowest BCUT2D eigenvalue weighted by atomic mass is 10.1. The van der Waals surface area contributed by atoms with E-state index in [-0.39, 0.29) is 5.03 Å². The van der Waals surface area contributed by atoms with E-state index >= 15 is 0 Å². The highest BCUT2D eigenvalue weighted by Crippen LogP contribution is 2.35. The van der Waals surface area contributed by atoms with Crippen LogP contribution >= 0.6 is 0 Å². The SMILES string of the molecule is CCn1c(-c2ccc(NS(=O)(=O)c3cn(C)cn3)cc2)c(C#N)c2ccc(OC)cc21. The standard InChI is InChI=1S/C22H21N5O3S/c1-4-27-20-11-17(30-3)9-10-18(20)19(12-23)22(27)15-5-7-16(8-6-15)25-31(28,29)21-13-26(2)14-24-21/h5-11,13-14,25H,4H2,1-3H3. The Morgan fingerprint density at radius 1 is 1.19 bits per heavy atom. The van der Waals surface area contributed by atoms with Crippen molar-refractivity contribution >= 4 is 26.6 Å². The molecule has 2 aromatic carbocycles. The van der Waals surface area contributed by atoms with E-state index in [0.717, 1.165) is 27.9 Å². The van der Waals surface area contributed by atoms with E-state index in [9.17, 15) is 13.7 Å². The first-order valence-corrected chi connectivity index (χ1v) is 11.1. The Morgan fingerprint density at radius 2 is 1.94 bits per heavy atom. The fourth-order valence-electron chi connectivity index (χ4n) is 3.63. The van der Waals surface area contributed by atoms with Gasteiger partial charge in [0.25, 0.3) is 10.0 Å². The van der Waals surface area contributed by atoms with Crippen LogP contribution < -0.4 is 9.46 Å². The summed E-state index contributed by atoms with van der Waals surface area (Å²) in [6.07, 6.45) is 2.86. The Morgan fingerprint density at radius 3 is 2.52 bits per heavy atom. The molecule has 2 aromatic heterocycles. The molecule has 8 nitrogen and oxygen atoms in total. The number of nitriles is 1. The second kappa shape index (κ2) is 7.81. The van der Waals surface area contributed by atoms with Crippen molar-refractivity contribution in [1.82, 2.24) is 14.1 Å². The molecular weight excluding hydrogens is 414 g/mol. The normalized spacial score (nSPS) is 11.4. The van der Waals surface area contributed by atoms with Crippen LogP contribution in [0.15, 0.2) is 60.0 Å². The van der Waals surface area contributed by atoms with Gasteiger partial charge in [-0.05, 0) is 36.8 Å². The third-order valence-corrected chi connectivity index (χ3v) is 6.33. The van der Waals surface area contributed by atoms with Crippen molar-refractivity contribution in [2.75, 3.05) is 11.8 Å². The van der Waals surface area contributed by atoms with Gasteiger partial charge in [-0.3, -0.25) is 4.72 Å². The number of benzene rings is 2. The van der Waals surface area contributed by atoms with Crippen LogP contribution in [0.5, 0.6) is 5.75 Å². The molecule has 0 aliphatic heterocycles. The lowest BCUT2D eigenvalue weighted by Gasteiger charge is -2.11. The molecule has 0 saturated carbocycles. The van der Waals surface area contributed by atoms with Crippen LogP contribution in [-0.2, 0) is 23.6 Å². The quantitative estimate of drug-likeness (QED) is 0.497. The minimum atomic E-state index is -3.78. The molecule has 0 unspecified atom stereocenters. The monoisotopic (exact) mass is 435 g/mol. The third-order valence-electron chi connectivity index (χ3n) is 5.07. The summed E-state index contributed by atoms with van der Waals surface area (Å²) in [5.41, 5.74) is 3.49. The van der Waals surface area contributed by atoms with Crippen molar-refractivity contribution in [1.29, 1.82) is 5.26 Å². The van der Waals surface area contributed by atoms with Gasteiger partial charge in [-0.1, -0.05) is 12.1 Å². The number of methoxy groups -OCH3 is 1. The molecule has 0 aliphatic rings. The molecule has 4 aromatic rings. The van der Waals surface area contributed by atoms with E-state index in [1.807, 2.05) is 25.1 Å². The van der Waals surface area contributed by atoms with Crippen LogP contribution in [0, 0.1) is 11.3 Å². The second-order valence-electron chi connectivity index (χ2n) is 7.02. The summed E-state index contributed by atoms with van der Waals surface area (Å²) in [6, 6.07) is 14.9. The molecular formula is C22H21N5O3S. The Balaban J connectivity index is 1.75. The number of nitrogens with one attached hydrogen (secondary N) is 1. The highest BCUT2D eigenvalue weighted by molar-refractivity contribution is 7.92. The highest BCUT2D eigenvalue weighted by Gasteiger charge is 2.20. The van der Waals surface area contributed by atoms with Gasteiger partial charge < -0.3 is 13.9 Å². The maximum atomic E-state index is 12.5. The van der Waals surface area contributed by atoms with Crippen LogP contribution in [0.3, 0.4) is 0 Å². The topological polar surface area (TPSA) is 102 Å². The maximum Gasteiger partial charge on any atom is 0.280 e. The first-order valence-electron chi connectivity index (χ1n) is 9.59. The summed E-state index contributed by atoms with van der Waals surface area (Å²) in [4.78, 5) is 3.90. The number of imidazole rings is 1. The first-order chi connectivity index (χ1) is 14.9. The summed E-state index contributed by atoms with van der Waals surface area (Å²) in [6.45, 7) is 2.67. The summed E-state index contributed by atoms with van der Waals surface area (Å²) >= 11 is 0. The van der Waals surface area contributed by atoms with E-state index in [4.69, 9.17) is 4.74 Å². The van der Waals surface area contributed by atoms with Gasteiger partial charge in [-0.25, -0.2) is 4.98 Å². The van der Waals surface area contributed by atoms with E-state index in [2.05, 4.69) is 20.3 Å². The second-order valence-corrected chi connectivity index (χ2v) is 8.65. The lowest BCUT2D eigenvalue weighted by Crippen LogP contribution is -2.13. The number of sulfonamides is 1. The van der Waals surface area contributed by atoms with Gasteiger partial charge in [0.15, 0.2) is 5.03 Å². The van der Waals surface area contributed by atoms with Crippen LogP contribution in [-0.4, -0.2) is 29.6 Å². The number of hydrogen-bond donors (Lipinski definition) is 1. The van der Waals surface area contributed by atoms with Crippen molar-refractivity contribution in [3.63, 3.8) is 0 Å². The molecule has 0 fully saturated rings. The average molecular weight is 436 g/mol.